The van der Waals surface area contributed by atoms with Gasteiger partial charge in [0, 0.05) is 17.6 Å². The Morgan fingerprint density at radius 3 is 2.71 bits per heavy atom. The number of benzene rings is 1. The lowest BCUT2D eigenvalue weighted by atomic mass is 10.2. The number of hydrogen-bond donors (Lipinski definition) is 1. The molecule has 21 heavy (non-hydrogen) atoms. The van der Waals surface area contributed by atoms with Gasteiger partial charge in [0.2, 0.25) is 0 Å². The number of rotatable bonds is 3. The van der Waals surface area contributed by atoms with Crippen LogP contribution in [0.5, 0.6) is 0 Å². The smallest absolute Gasteiger partial charge is 0.354 e. The summed E-state index contributed by atoms with van der Waals surface area (Å²) in [7, 11) is 0. The van der Waals surface area contributed by atoms with Crippen molar-refractivity contribution in [1.29, 1.82) is 0 Å². The molecule has 0 radical (unpaired) electrons. The maximum absolute atomic E-state index is 11.8. The van der Waals surface area contributed by atoms with E-state index in [2.05, 4.69) is 4.98 Å². The van der Waals surface area contributed by atoms with Gasteiger partial charge in [-0.15, -0.1) is 0 Å². The first-order chi connectivity index (χ1) is 10.1. The molecule has 0 spiro atoms. The lowest BCUT2D eigenvalue weighted by Crippen LogP contribution is -2.10. The molecule has 1 aromatic carbocycles. The monoisotopic (exact) mass is 280 g/mol. The molecule has 0 aliphatic heterocycles. The number of carbonyl (C=O) groups is 1. The Labute approximate surface area is 120 Å². The second-order valence-electron chi connectivity index (χ2n) is 4.64. The highest BCUT2D eigenvalue weighted by molar-refractivity contribution is 5.85. The van der Waals surface area contributed by atoms with Crippen LogP contribution in [0.1, 0.15) is 16.2 Å². The number of carboxylic acids is 1. The van der Waals surface area contributed by atoms with Crippen molar-refractivity contribution in [3.8, 4) is 0 Å². The average molecular weight is 280 g/mol. The van der Waals surface area contributed by atoms with Gasteiger partial charge in [0.25, 0.3) is 0 Å². The van der Waals surface area contributed by atoms with Gasteiger partial charge < -0.3 is 9.67 Å². The third kappa shape index (κ3) is 2.53. The minimum Gasteiger partial charge on any atom is -0.477 e. The number of aromatic nitrogens is 2. The van der Waals surface area contributed by atoms with E-state index < -0.39 is 5.97 Å². The lowest BCUT2D eigenvalue weighted by molar-refractivity contribution is 0.0690. The Morgan fingerprint density at radius 2 is 1.90 bits per heavy atom. The lowest BCUT2D eigenvalue weighted by Gasteiger charge is -2.10. The number of fused-ring (bicyclic) bond motifs is 1. The molecule has 0 unspecified atom stereocenters. The SMILES string of the molecule is O=C(O)c1cccc(Cn2ccc(=O)c3ccccc32)n1. The summed E-state index contributed by atoms with van der Waals surface area (Å²) in [5, 5.41) is 9.61. The molecule has 0 aliphatic carbocycles. The van der Waals surface area contributed by atoms with Crippen LogP contribution in [0.2, 0.25) is 0 Å². The van der Waals surface area contributed by atoms with Crippen LogP contribution in [-0.4, -0.2) is 20.6 Å². The first-order valence-corrected chi connectivity index (χ1v) is 6.42. The molecule has 0 saturated carbocycles. The van der Waals surface area contributed by atoms with Crippen molar-refractivity contribution in [1.82, 2.24) is 9.55 Å². The summed E-state index contributed by atoms with van der Waals surface area (Å²) in [4.78, 5) is 26.9. The predicted molar refractivity (Wildman–Crippen MR) is 78.5 cm³/mol. The number of nitrogens with zero attached hydrogens (tertiary/aromatic N) is 2. The van der Waals surface area contributed by atoms with Crippen LogP contribution in [0.3, 0.4) is 0 Å². The van der Waals surface area contributed by atoms with Gasteiger partial charge in [-0.2, -0.15) is 0 Å². The first-order valence-electron chi connectivity index (χ1n) is 6.42. The average Bonchev–Trinajstić information content (AvgIpc) is 2.51. The van der Waals surface area contributed by atoms with E-state index in [-0.39, 0.29) is 11.1 Å². The fourth-order valence-corrected chi connectivity index (χ4v) is 2.26. The van der Waals surface area contributed by atoms with Crippen LogP contribution in [-0.2, 0) is 6.54 Å². The molecule has 0 atom stereocenters. The van der Waals surface area contributed by atoms with Crippen molar-refractivity contribution in [2.24, 2.45) is 0 Å². The summed E-state index contributed by atoms with van der Waals surface area (Å²) in [6.07, 6.45) is 1.69. The molecule has 3 aromatic rings. The highest BCUT2D eigenvalue weighted by atomic mass is 16.4. The van der Waals surface area contributed by atoms with Crippen LogP contribution in [0.4, 0.5) is 0 Å². The summed E-state index contributed by atoms with van der Waals surface area (Å²) in [5.74, 6) is -1.05. The van der Waals surface area contributed by atoms with Crippen molar-refractivity contribution < 1.29 is 9.90 Å². The molecule has 3 rings (SSSR count). The van der Waals surface area contributed by atoms with Crippen molar-refractivity contribution in [3.63, 3.8) is 0 Å². The number of aromatic carboxylic acids is 1. The van der Waals surface area contributed by atoms with E-state index >= 15 is 0 Å². The third-order valence-electron chi connectivity index (χ3n) is 3.24. The van der Waals surface area contributed by atoms with Gasteiger partial charge in [-0.05, 0) is 24.3 Å². The fourth-order valence-electron chi connectivity index (χ4n) is 2.26. The molecular weight excluding hydrogens is 268 g/mol. The van der Waals surface area contributed by atoms with Gasteiger partial charge in [-0.3, -0.25) is 4.79 Å². The number of carboxylic acid groups (broad SMARTS) is 1. The Morgan fingerprint density at radius 1 is 1.10 bits per heavy atom. The predicted octanol–water partition coefficient (Wildman–Crippen LogP) is 2.14. The minimum atomic E-state index is -1.05. The second-order valence-corrected chi connectivity index (χ2v) is 4.64. The Hall–Kier alpha value is -2.95. The van der Waals surface area contributed by atoms with Crippen molar-refractivity contribution >= 4 is 16.9 Å². The molecule has 0 aliphatic rings. The van der Waals surface area contributed by atoms with Gasteiger partial charge >= 0.3 is 5.97 Å². The third-order valence-corrected chi connectivity index (χ3v) is 3.24. The molecule has 0 fully saturated rings. The molecule has 1 N–H and O–H groups in total. The first kappa shape index (κ1) is 13.1. The van der Waals surface area contributed by atoms with E-state index in [9.17, 15) is 9.59 Å². The van der Waals surface area contributed by atoms with Gasteiger partial charge in [0.05, 0.1) is 17.8 Å². The van der Waals surface area contributed by atoms with Crippen molar-refractivity contribution in [3.05, 3.63) is 76.3 Å². The van der Waals surface area contributed by atoms with Crippen LogP contribution >= 0.6 is 0 Å². The van der Waals surface area contributed by atoms with Crippen LogP contribution in [0.15, 0.2) is 59.5 Å². The maximum Gasteiger partial charge on any atom is 0.354 e. The van der Waals surface area contributed by atoms with Crippen molar-refractivity contribution in [2.75, 3.05) is 0 Å². The van der Waals surface area contributed by atoms with Crippen LogP contribution in [0, 0.1) is 0 Å². The standard InChI is InChI=1S/C16H12N2O3/c19-15-8-9-18(14-7-2-1-5-12(14)15)10-11-4-3-6-13(17-11)16(20)21/h1-9H,10H2,(H,20,21). The molecule has 0 amide bonds. The minimum absolute atomic E-state index is 0.0119. The number of para-hydroxylation sites is 1. The van der Waals surface area contributed by atoms with Gasteiger partial charge in [0.15, 0.2) is 5.43 Å². The number of hydrogen-bond acceptors (Lipinski definition) is 3. The maximum atomic E-state index is 11.8. The molecule has 0 saturated heterocycles. The van der Waals surface area contributed by atoms with E-state index in [0.717, 1.165) is 5.52 Å². The Bertz CT molecular complexity index is 884. The number of pyridine rings is 2. The molecule has 2 aromatic heterocycles. The molecule has 104 valence electrons. The summed E-state index contributed by atoms with van der Waals surface area (Å²) < 4.78 is 1.88. The highest BCUT2D eigenvalue weighted by Gasteiger charge is 2.07. The topological polar surface area (TPSA) is 72.2 Å². The zero-order valence-corrected chi connectivity index (χ0v) is 11.1. The molecule has 2 heterocycles. The van der Waals surface area contributed by atoms with Gasteiger partial charge in [-0.1, -0.05) is 18.2 Å². The van der Waals surface area contributed by atoms with E-state index in [1.807, 2.05) is 22.8 Å². The van der Waals surface area contributed by atoms with Crippen LogP contribution < -0.4 is 5.43 Å². The summed E-state index contributed by atoms with van der Waals surface area (Å²) in [6.45, 7) is 0.405. The second kappa shape index (κ2) is 5.20. The quantitative estimate of drug-likeness (QED) is 0.797. The van der Waals surface area contributed by atoms with E-state index in [4.69, 9.17) is 5.11 Å². The van der Waals surface area contributed by atoms with Gasteiger partial charge in [0.1, 0.15) is 5.69 Å². The molecular formula is C16H12N2O3. The zero-order chi connectivity index (χ0) is 14.8. The highest BCUT2D eigenvalue weighted by Crippen LogP contribution is 2.11. The van der Waals surface area contributed by atoms with E-state index in [1.165, 1.54) is 12.1 Å². The fraction of sp³-hybridized carbons (Fsp3) is 0.0625. The van der Waals surface area contributed by atoms with Gasteiger partial charge in [-0.25, -0.2) is 9.78 Å². The van der Waals surface area contributed by atoms with Crippen molar-refractivity contribution in [2.45, 2.75) is 6.54 Å². The Balaban J connectivity index is 2.06. The van der Waals surface area contributed by atoms with E-state index in [1.54, 1.807) is 24.4 Å². The normalized spacial score (nSPS) is 10.7. The summed E-state index contributed by atoms with van der Waals surface area (Å²) >= 11 is 0. The summed E-state index contributed by atoms with van der Waals surface area (Å²) in [6, 6.07) is 13.7. The molecule has 5 heteroatoms. The van der Waals surface area contributed by atoms with E-state index in [0.29, 0.717) is 17.6 Å². The van der Waals surface area contributed by atoms with Crippen LogP contribution in [0.25, 0.3) is 10.9 Å². The largest absolute Gasteiger partial charge is 0.477 e. The summed E-state index contributed by atoms with van der Waals surface area (Å²) in [5.41, 5.74) is 1.41. The Kier molecular flexibility index (Phi) is 3.23. The zero-order valence-electron chi connectivity index (χ0n) is 11.1. The molecule has 5 nitrogen and oxygen atoms in total. The molecule has 0 bridgehead atoms.